The third-order valence-electron chi connectivity index (χ3n) is 5.97. The number of nitrogens with zero attached hydrogens (tertiary/aromatic N) is 1. The Balaban J connectivity index is 1.36. The van der Waals surface area contributed by atoms with E-state index >= 15 is 0 Å². The number of hydrogen-bond donors (Lipinski definition) is 2. The smallest absolute Gasteiger partial charge is 0.408 e. The molecule has 35 heavy (non-hydrogen) atoms. The second-order valence-corrected chi connectivity index (χ2v) is 8.57. The van der Waals surface area contributed by atoms with Crippen LogP contribution in [-0.2, 0) is 20.9 Å². The van der Waals surface area contributed by atoms with Gasteiger partial charge >= 0.3 is 11.7 Å². The van der Waals surface area contributed by atoms with Gasteiger partial charge in [0.05, 0.1) is 0 Å². The lowest BCUT2D eigenvalue weighted by Gasteiger charge is -2.27. The number of alkyl carbamates (subject to hydrolysis) is 1. The number of rotatable bonds is 6. The molecule has 2 heterocycles. The monoisotopic (exact) mass is 477 g/mol. The molecule has 0 bridgehead atoms. The molecule has 0 aliphatic carbocycles. The number of hydrogen-bond acceptors (Lipinski definition) is 6. The molecule has 1 saturated heterocycles. The third-order valence-corrected chi connectivity index (χ3v) is 5.97. The quantitative estimate of drug-likeness (QED) is 0.526. The first kappa shape index (κ1) is 24.0. The van der Waals surface area contributed by atoms with Crippen molar-refractivity contribution in [3.05, 3.63) is 76.1 Å². The lowest BCUT2D eigenvalue weighted by Crippen LogP contribution is -2.51. The second kappa shape index (κ2) is 10.4. The maximum absolute atomic E-state index is 13.0. The van der Waals surface area contributed by atoms with E-state index in [-0.39, 0.29) is 18.4 Å². The van der Waals surface area contributed by atoms with Crippen LogP contribution in [0.15, 0.2) is 63.8 Å². The average Bonchev–Trinajstić information content (AvgIpc) is 3.32. The van der Waals surface area contributed by atoms with Crippen molar-refractivity contribution in [1.82, 2.24) is 10.2 Å². The molecule has 2 atom stereocenters. The lowest BCUT2D eigenvalue weighted by molar-refractivity contribution is -0.138. The number of ether oxygens (including phenoxy) is 1. The van der Waals surface area contributed by atoms with Gasteiger partial charge in [-0.15, -0.1) is 0 Å². The van der Waals surface area contributed by atoms with Gasteiger partial charge in [-0.2, -0.15) is 0 Å². The molecular formula is C26H27N3O6. The van der Waals surface area contributed by atoms with E-state index in [0.717, 1.165) is 16.5 Å². The van der Waals surface area contributed by atoms with Crippen molar-refractivity contribution < 1.29 is 23.5 Å². The second-order valence-electron chi connectivity index (χ2n) is 8.57. The van der Waals surface area contributed by atoms with Crippen LogP contribution in [0.4, 0.5) is 10.5 Å². The predicted octanol–water partition coefficient (Wildman–Crippen LogP) is 3.35. The van der Waals surface area contributed by atoms with Crippen LogP contribution in [0.25, 0.3) is 11.0 Å². The summed E-state index contributed by atoms with van der Waals surface area (Å²) in [5.74, 6) is -0.705. The number of anilines is 1. The predicted molar refractivity (Wildman–Crippen MR) is 130 cm³/mol. The van der Waals surface area contributed by atoms with Crippen LogP contribution in [0.3, 0.4) is 0 Å². The van der Waals surface area contributed by atoms with Crippen molar-refractivity contribution in [2.75, 3.05) is 11.9 Å². The van der Waals surface area contributed by atoms with Crippen molar-refractivity contribution in [2.24, 2.45) is 0 Å². The molecule has 4 rings (SSSR count). The Kier molecular flexibility index (Phi) is 7.14. The fourth-order valence-electron chi connectivity index (χ4n) is 4.18. The topological polar surface area (TPSA) is 118 Å². The van der Waals surface area contributed by atoms with E-state index in [4.69, 9.17) is 9.15 Å². The first-order chi connectivity index (χ1) is 16.8. The summed E-state index contributed by atoms with van der Waals surface area (Å²) in [6.45, 7) is 3.88. The number of fused-ring (bicyclic) bond motifs is 1. The zero-order valence-electron chi connectivity index (χ0n) is 19.6. The van der Waals surface area contributed by atoms with Gasteiger partial charge in [0, 0.05) is 29.8 Å². The van der Waals surface area contributed by atoms with Gasteiger partial charge in [-0.05, 0) is 49.9 Å². The molecule has 0 spiro atoms. The summed E-state index contributed by atoms with van der Waals surface area (Å²) in [7, 11) is 0. The van der Waals surface area contributed by atoms with E-state index < -0.39 is 23.8 Å². The largest absolute Gasteiger partial charge is 0.445 e. The summed E-state index contributed by atoms with van der Waals surface area (Å²) in [4.78, 5) is 51.3. The van der Waals surface area contributed by atoms with Crippen LogP contribution in [-0.4, -0.2) is 41.4 Å². The molecule has 2 aromatic carbocycles. The highest BCUT2D eigenvalue weighted by molar-refractivity contribution is 5.99. The Bertz CT molecular complexity index is 1300. The van der Waals surface area contributed by atoms with Gasteiger partial charge in [0.15, 0.2) is 0 Å². The van der Waals surface area contributed by atoms with Crippen molar-refractivity contribution >= 4 is 34.6 Å². The van der Waals surface area contributed by atoms with Crippen LogP contribution in [0.5, 0.6) is 0 Å². The van der Waals surface area contributed by atoms with Gasteiger partial charge in [0.2, 0.25) is 11.8 Å². The maximum atomic E-state index is 13.0. The summed E-state index contributed by atoms with van der Waals surface area (Å²) < 4.78 is 10.4. The van der Waals surface area contributed by atoms with Crippen LogP contribution >= 0.6 is 0 Å². The highest BCUT2D eigenvalue weighted by Gasteiger charge is 2.36. The molecule has 1 aliphatic heterocycles. The molecule has 0 unspecified atom stereocenters. The number of carbonyl (C=O) groups is 3. The summed E-state index contributed by atoms with van der Waals surface area (Å²) in [6, 6.07) is 14.2. The average molecular weight is 478 g/mol. The Morgan fingerprint density at radius 2 is 1.91 bits per heavy atom. The molecule has 182 valence electrons. The van der Waals surface area contributed by atoms with Crippen molar-refractivity contribution in [2.45, 2.75) is 45.4 Å². The minimum atomic E-state index is -0.857. The summed E-state index contributed by atoms with van der Waals surface area (Å²) in [6.07, 6.45) is 0.466. The van der Waals surface area contributed by atoms with Gasteiger partial charge in [-0.25, -0.2) is 9.59 Å². The van der Waals surface area contributed by atoms with E-state index in [2.05, 4.69) is 10.6 Å². The van der Waals surface area contributed by atoms with Gasteiger partial charge < -0.3 is 24.7 Å². The summed E-state index contributed by atoms with van der Waals surface area (Å²) in [5.41, 5.74) is 1.99. The molecule has 9 heteroatoms. The van der Waals surface area contributed by atoms with Gasteiger partial charge in [0.25, 0.3) is 0 Å². The fourth-order valence-corrected chi connectivity index (χ4v) is 4.18. The Morgan fingerprint density at radius 1 is 1.14 bits per heavy atom. The normalized spacial score (nSPS) is 16.1. The molecule has 1 fully saturated rings. The van der Waals surface area contributed by atoms with Crippen molar-refractivity contribution in [3.8, 4) is 0 Å². The molecule has 0 saturated carbocycles. The van der Waals surface area contributed by atoms with Gasteiger partial charge in [-0.3, -0.25) is 9.59 Å². The van der Waals surface area contributed by atoms with E-state index in [9.17, 15) is 19.2 Å². The molecule has 3 amide bonds. The Morgan fingerprint density at radius 3 is 2.69 bits per heavy atom. The number of amides is 3. The standard InChI is InChI=1S/C26H27N3O6/c1-16-13-23(30)35-22-14-19(10-11-20(16)22)28-24(31)21-9-6-12-29(21)25(32)17(2)27-26(33)34-15-18-7-4-3-5-8-18/h3-5,7-8,10-11,13-14,17,21H,6,9,12,15H2,1-2H3,(H,27,33)(H,28,31)/t17-,21-/m0/s1. The van der Waals surface area contributed by atoms with E-state index in [0.29, 0.717) is 30.7 Å². The van der Waals surface area contributed by atoms with Crippen LogP contribution in [0, 0.1) is 6.92 Å². The highest BCUT2D eigenvalue weighted by atomic mass is 16.5. The van der Waals surface area contributed by atoms with Crippen LogP contribution < -0.4 is 16.3 Å². The summed E-state index contributed by atoms with van der Waals surface area (Å²) >= 11 is 0. The first-order valence-corrected chi connectivity index (χ1v) is 11.4. The van der Waals surface area contributed by atoms with Crippen molar-refractivity contribution in [3.63, 3.8) is 0 Å². The molecule has 1 aromatic heterocycles. The minimum Gasteiger partial charge on any atom is -0.445 e. The first-order valence-electron chi connectivity index (χ1n) is 11.4. The minimum absolute atomic E-state index is 0.0910. The molecule has 3 aromatic rings. The molecule has 1 aliphatic rings. The third kappa shape index (κ3) is 5.68. The number of aryl methyl sites for hydroxylation is 1. The lowest BCUT2D eigenvalue weighted by atomic mass is 10.1. The highest BCUT2D eigenvalue weighted by Crippen LogP contribution is 2.23. The van der Waals surface area contributed by atoms with Crippen molar-refractivity contribution in [1.29, 1.82) is 0 Å². The van der Waals surface area contributed by atoms with Crippen LogP contribution in [0.2, 0.25) is 0 Å². The van der Waals surface area contributed by atoms with Gasteiger partial charge in [-0.1, -0.05) is 30.3 Å². The maximum Gasteiger partial charge on any atom is 0.408 e. The Labute approximate surface area is 202 Å². The molecular weight excluding hydrogens is 450 g/mol. The Hall–Kier alpha value is -4.14. The molecule has 9 nitrogen and oxygen atoms in total. The summed E-state index contributed by atoms with van der Waals surface area (Å²) in [5, 5.41) is 6.13. The SMILES string of the molecule is Cc1cc(=O)oc2cc(NC(=O)[C@@H]3CCCN3C(=O)[C@H](C)NC(=O)OCc3ccccc3)ccc12. The molecule has 0 radical (unpaired) electrons. The fraction of sp³-hybridized carbons (Fsp3) is 0.308. The zero-order chi connectivity index (χ0) is 24.9. The van der Waals surface area contributed by atoms with E-state index in [1.54, 1.807) is 25.1 Å². The number of likely N-dealkylation sites (tertiary alicyclic amines) is 1. The number of nitrogens with one attached hydrogen (secondary N) is 2. The van der Waals surface area contributed by atoms with Gasteiger partial charge in [0.1, 0.15) is 24.3 Å². The number of carbonyl (C=O) groups excluding carboxylic acids is 3. The molecule has 2 N–H and O–H groups in total. The number of benzene rings is 2. The van der Waals surface area contributed by atoms with Crippen LogP contribution in [0.1, 0.15) is 30.9 Å². The zero-order valence-corrected chi connectivity index (χ0v) is 19.6. The van der Waals surface area contributed by atoms with E-state index in [1.165, 1.54) is 11.0 Å². The van der Waals surface area contributed by atoms with E-state index in [1.807, 2.05) is 37.3 Å².